The number of fused-ring (bicyclic) bond motifs is 2. The van der Waals surface area contributed by atoms with Gasteiger partial charge >= 0.3 is 6.18 Å². The number of nitrogens with zero attached hydrogens (tertiary/aromatic N) is 6. The molecule has 2 fully saturated rings. The average Bonchev–Trinajstić information content (AvgIpc) is 3.15. The molecule has 0 spiro atoms. The summed E-state index contributed by atoms with van der Waals surface area (Å²) < 4.78 is 45.5. The zero-order chi connectivity index (χ0) is 20.7. The lowest BCUT2D eigenvalue weighted by Crippen LogP contribution is -2.59. The lowest BCUT2D eigenvalue weighted by molar-refractivity contribution is -0.127. The number of hydrogen-bond acceptors (Lipinski definition) is 7. The highest BCUT2D eigenvalue weighted by atomic mass is 19.4. The van der Waals surface area contributed by atoms with Crippen LogP contribution in [0.15, 0.2) is 35.9 Å². The summed E-state index contributed by atoms with van der Waals surface area (Å²) in [5.41, 5.74) is 1.01. The molecular weight excluding hydrogens is 399 g/mol. The van der Waals surface area contributed by atoms with Crippen LogP contribution in [0.2, 0.25) is 0 Å². The molecule has 30 heavy (non-hydrogen) atoms. The number of alkyl halides is 3. The molecule has 0 amide bonds. The van der Waals surface area contributed by atoms with E-state index in [0.717, 1.165) is 39.4 Å². The Morgan fingerprint density at radius 2 is 2.00 bits per heavy atom. The number of aliphatic imine (C=N–C) groups is 1. The summed E-state index contributed by atoms with van der Waals surface area (Å²) in [5.74, 6) is 0.571. The molecule has 160 valence electrons. The van der Waals surface area contributed by atoms with Gasteiger partial charge in [-0.3, -0.25) is 19.2 Å². The van der Waals surface area contributed by atoms with E-state index >= 15 is 0 Å². The zero-order valence-electron chi connectivity index (χ0n) is 16.2. The number of ether oxygens (including phenoxy) is 1. The average molecular weight is 421 g/mol. The Bertz CT molecular complexity index is 986. The van der Waals surface area contributed by atoms with Crippen molar-refractivity contribution in [1.29, 1.82) is 0 Å². The molecule has 5 rings (SSSR count). The van der Waals surface area contributed by atoms with E-state index in [1.807, 2.05) is 12.3 Å². The number of morpholine rings is 1. The van der Waals surface area contributed by atoms with Crippen LogP contribution in [0.4, 0.5) is 13.2 Å². The van der Waals surface area contributed by atoms with Gasteiger partial charge in [-0.2, -0.15) is 13.2 Å². The Balaban J connectivity index is 1.39. The number of aromatic nitrogens is 3. The summed E-state index contributed by atoms with van der Waals surface area (Å²) in [4.78, 5) is 17.7. The van der Waals surface area contributed by atoms with Gasteiger partial charge in [0, 0.05) is 44.6 Å². The monoisotopic (exact) mass is 421 g/mol. The highest BCUT2D eigenvalue weighted by Gasteiger charge is 2.33. The second-order valence-corrected chi connectivity index (χ2v) is 7.70. The van der Waals surface area contributed by atoms with Crippen LogP contribution in [0.5, 0.6) is 0 Å². The van der Waals surface area contributed by atoms with Gasteiger partial charge in [-0.15, -0.1) is 0 Å². The van der Waals surface area contributed by atoms with Crippen molar-refractivity contribution in [3.63, 3.8) is 0 Å². The summed E-state index contributed by atoms with van der Waals surface area (Å²) >= 11 is 0. The lowest BCUT2D eigenvalue weighted by Gasteiger charge is -2.45. The van der Waals surface area contributed by atoms with E-state index in [1.165, 1.54) is 12.4 Å². The van der Waals surface area contributed by atoms with Gasteiger partial charge in [-0.25, -0.2) is 9.98 Å². The number of amidine groups is 1. The first-order valence-electron chi connectivity index (χ1n) is 9.92. The van der Waals surface area contributed by atoms with Gasteiger partial charge in [0.05, 0.1) is 37.7 Å². The summed E-state index contributed by atoms with van der Waals surface area (Å²) in [6.07, 6.45) is 2.59. The molecule has 1 N–H and O–H groups in total. The minimum Gasteiger partial charge on any atom is -0.378 e. The van der Waals surface area contributed by atoms with Crippen molar-refractivity contribution in [2.24, 2.45) is 4.99 Å². The Morgan fingerprint density at radius 1 is 1.13 bits per heavy atom. The lowest BCUT2D eigenvalue weighted by atomic mass is 10.1. The van der Waals surface area contributed by atoms with Crippen molar-refractivity contribution in [2.45, 2.75) is 24.8 Å². The van der Waals surface area contributed by atoms with E-state index in [1.54, 1.807) is 10.6 Å². The molecule has 0 bridgehead atoms. The molecule has 0 radical (unpaired) electrons. The second-order valence-electron chi connectivity index (χ2n) is 7.70. The van der Waals surface area contributed by atoms with Crippen LogP contribution >= 0.6 is 0 Å². The van der Waals surface area contributed by atoms with Crippen molar-refractivity contribution >= 4 is 11.5 Å². The van der Waals surface area contributed by atoms with E-state index in [9.17, 15) is 13.2 Å². The van der Waals surface area contributed by atoms with Gasteiger partial charge in [0.1, 0.15) is 11.9 Å². The van der Waals surface area contributed by atoms with E-state index in [4.69, 9.17) is 9.73 Å². The van der Waals surface area contributed by atoms with Crippen LogP contribution in [-0.2, 0) is 11.2 Å². The van der Waals surface area contributed by atoms with Gasteiger partial charge < -0.3 is 10.1 Å². The van der Waals surface area contributed by atoms with Crippen molar-refractivity contribution in [1.82, 2.24) is 29.5 Å². The molecule has 8 nitrogen and oxygen atoms in total. The third kappa shape index (κ3) is 3.92. The van der Waals surface area contributed by atoms with Gasteiger partial charge in [0.15, 0.2) is 11.5 Å². The Kier molecular flexibility index (Phi) is 4.95. The molecule has 2 atom stereocenters. The van der Waals surface area contributed by atoms with E-state index in [2.05, 4.69) is 25.1 Å². The normalized spacial score (nSPS) is 25.8. The first-order valence-corrected chi connectivity index (χ1v) is 9.92. The Morgan fingerprint density at radius 3 is 2.87 bits per heavy atom. The smallest absolute Gasteiger partial charge is 0.378 e. The maximum Gasteiger partial charge on any atom is 0.394 e. The van der Waals surface area contributed by atoms with E-state index in [-0.39, 0.29) is 11.9 Å². The fourth-order valence-electron chi connectivity index (χ4n) is 4.18. The number of halogens is 3. The number of imidazole rings is 1. The molecule has 3 aliphatic rings. The van der Waals surface area contributed by atoms with Crippen molar-refractivity contribution in [3.05, 3.63) is 42.3 Å². The molecule has 0 saturated carbocycles. The first-order chi connectivity index (χ1) is 14.5. The van der Waals surface area contributed by atoms with Crippen LogP contribution in [0.1, 0.15) is 11.4 Å². The van der Waals surface area contributed by atoms with Crippen molar-refractivity contribution in [2.75, 3.05) is 39.4 Å². The summed E-state index contributed by atoms with van der Waals surface area (Å²) in [6.45, 7) is 5.20. The van der Waals surface area contributed by atoms with Crippen LogP contribution in [-0.4, -0.2) is 87.8 Å². The summed E-state index contributed by atoms with van der Waals surface area (Å²) in [5, 5.41) is 3.11. The van der Waals surface area contributed by atoms with Gasteiger partial charge in [0.2, 0.25) is 0 Å². The van der Waals surface area contributed by atoms with E-state index < -0.39 is 12.6 Å². The summed E-state index contributed by atoms with van der Waals surface area (Å²) in [6, 6.07) is 0.362. The third-order valence-electron chi connectivity index (χ3n) is 5.67. The fraction of sp³-hybridized carbons (Fsp3) is 0.526. The van der Waals surface area contributed by atoms with E-state index in [0.29, 0.717) is 23.2 Å². The highest BCUT2D eigenvalue weighted by molar-refractivity contribution is 5.99. The Labute approximate surface area is 171 Å². The number of piperazine rings is 1. The fourth-order valence-corrected chi connectivity index (χ4v) is 4.18. The topological polar surface area (TPSA) is 70.3 Å². The third-order valence-corrected chi connectivity index (χ3v) is 5.67. The molecule has 0 aliphatic carbocycles. The quantitative estimate of drug-likeness (QED) is 0.799. The molecule has 11 heteroatoms. The molecule has 2 aromatic rings. The predicted molar refractivity (Wildman–Crippen MR) is 103 cm³/mol. The number of hydrogen-bond donors (Lipinski definition) is 1. The highest BCUT2D eigenvalue weighted by Crippen LogP contribution is 2.22. The first kappa shape index (κ1) is 19.5. The zero-order valence-corrected chi connectivity index (χ0v) is 16.2. The van der Waals surface area contributed by atoms with Crippen LogP contribution in [0.3, 0.4) is 0 Å². The minimum absolute atomic E-state index is 0.0637. The molecular formula is C19H22F3N7O. The largest absolute Gasteiger partial charge is 0.394 e. The second kappa shape index (κ2) is 7.64. The molecule has 5 heterocycles. The molecule has 2 aromatic heterocycles. The molecule has 2 saturated heterocycles. The van der Waals surface area contributed by atoms with Gasteiger partial charge in [-0.05, 0) is 6.08 Å². The SMILES string of the molecule is FC(F)(F)Cc1cn2c(C3=NC(N4CCN5CCOCC5C4)C=CN3)cnc2cn1. The van der Waals surface area contributed by atoms with Gasteiger partial charge in [0.25, 0.3) is 0 Å². The predicted octanol–water partition coefficient (Wildman–Crippen LogP) is 1.04. The number of nitrogens with one attached hydrogen (secondary N) is 1. The Hall–Kier alpha value is -2.50. The maximum atomic E-state index is 12.8. The van der Waals surface area contributed by atoms with Gasteiger partial charge in [-0.1, -0.05) is 0 Å². The van der Waals surface area contributed by atoms with Crippen molar-refractivity contribution in [3.8, 4) is 0 Å². The molecule has 3 aliphatic heterocycles. The van der Waals surface area contributed by atoms with Crippen LogP contribution in [0, 0.1) is 0 Å². The standard InChI is InChI=1S/C19H22F3N7O/c20-19(21,22)7-13-10-29-15(8-25-17(29)9-24-13)18-23-2-1-16(26-18)28-4-3-27-5-6-30-12-14(27)11-28/h1-2,8-10,14,16H,3-7,11-12H2,(H,23,26). The summed E-state index contributed by atoms with van der Waals surface area (Å²) in [7, 11) is 0. The van der Waals surface area contributed by atoms with Crippen molar-refractivity contribution < 1.29 is 17.9 Å². The minimum atomic E-state index is -4.32. The van der Waals surface area contributed by atoms with Crippen LogP contribution < -0.4 is 5.32 Å². The van der Waals surface area contributed by atoms with Crippen LogP contribution in [0.25, 0.3) is 5.65 Å². The molecule has 2 unspecified atom stereocenters. The molecule has 0 aromatic carbocycles. The maximum absolute atomic E-state index is 12.8. The number of rotatable bonds is 3.